The molecule has 3 heteroatoms. The van der Waals surface area contributed by atoms with Gasteiger partial charge in [-0.25, -0.2) is 0 Å². The average Bonchev–Trinajstić information content (AvgIpc) is 2.84. The smallest absolute Gasteiger partial charge is 0.159 e. The number of nitrogens with zero attached hydrogens (tertiary/aromatic N) is 1. The summed E-state index contributed by atoms with van der Waals surface area (Å²) in [6, 6.07) is 1.98. The van der Waals surface area contributed by atoms with Gasteiger partial charge in [0.25, 0.3) is 0 Å². The molecule has 1 aromatic rings. The molecule has 0 bridgehead atoms. The van der Waals surface area contributed by atoms with Crippen molar-refractivity contribution in [1.82, 2.24) is 4.98 Å². The van der Waals surface area contributed by atoms with Gasteiger partial charge in [-0.2, -0.15) is 0 Å². The molecule has 0 unspecified atom stereocenters. The van der Waals surface area contributed by atoms with Gasteiger partial charge in [0, 0.05) is 24.6 Å². The maximum absolute atomic E-state index is 12.4. The Kier molecular flexibility index (Phi) is 3.23. The third kappa shape index (κ3) is 2.41. The number of ketones is 1. The van der Waals surface area contributed by atoms with Crippen LogP contribution in [-0.4, -0.2) is 16.4 Å². The van der Waals surface area contributed by atoms with Gasteiger partial charge >= 0.3 is 0 Å². The van der Waals surface area contributed by atoms with Gasteiger partial charge in [-0.1, -0.05) is 13.8 Å². The van der Waals surface area contributed by atoms with Gasteiger partial charge < -0.3 is 4.74 Å². The molecule has 2 heterocycles. The molecule has 3 rings (SSSR count). The first-order valence-electron chi connectivity index (χ1n) is 7.49. The van der Waals surface area contributed by atoms with E-state index in [0.29, 0.717) is 18.8 Å². The van der Waals surface area contributed by atoms with E-state index in [-0.39, 0.29) is 5.78 Å². The topological polar surface area (TPSA) is 39.2 Å². The van der Waals surface area contributed by atoms with E-state index in [1.165, 1.54) is 5.57 Å². The summed E-state index contributed by atoms with van der Waals surface area (Å²) in [5.41, 5.74) is 3.92. The summed E-state index contributed by atoms with van der Waals surface area (Å²) < 4.78 is 6.07. The van der Waals surface area contributed by atoms with Crippen LogP contribution in [0.25, 0.3) is 5.57 Å². The third-order valence-corrected chi connectivity index (χ3v) is 4.09. The van der Waals surface area contributed by atoms with Crippen molar-refractivity contribution in [3.05, 3.63) is 41.2 Å². The zero-order valence-corrected chi connectivity index (χ0v) is 13.1. The van der Waals surface area contributed by atoms with Crippen molar-refractivity contribution >= 4 is 11.4 Å². The van der Waals surface area contributed by atoms with Crippen molar-refractivity contribution in [3.63, 3.8) is 0 Å². The summed E-state index contributed by atoms with van der Waals surface area (Å²) in [6.45, 7) is 8.25. The Balaban J connectivity index is 1.98. The van der Waals surface area contributed by atoms with E-state index < -0.39 is 5.60 Å². The van der Waals surface area contributed by atoms with Gasteiger partial charge in [0.05, 0.1) is 6.20 Å². The van der Waals surface area contributed by atoms with Crippen LogP contribution in [0.15, 0.2) is 35.7 Å². The number of hydrogen-bond donors (Lipinski definition) is 0. The number of pyridine rings is 1. The van der Waals surface area contributed by atoms with Crippen LogP contribution in [0.3, 0.4) is 0 Å². The summed E-state index contributed by atoms with van der Waals surface area (Å²) in [5, 5.41) is 0. The maximum atomic E-state index is 12.4. The van der Waals surface area contributed by atoms with Crippen LogP contribution in [0.4, 0.5) is 0 Å². The van der Waals surface area contributed by atoms with Crippen molar-refractivity contribution in [2.24, 2.45) is 5.92 Å². The number of carbonyl (C=O) groups is 1. The predicted molar refractivity (Wildman–Crippen MR) is 83.0 cm³/mol. The van der Waals surface area contributed by atoms with Crippen LogP contribution in [0.2, 0.25) is 0 Å². The number of aromatic nitrogens is 1. The van der Waals surface area contributed by atoms with E-state index in [9.17, 15) is 4.79 Å². The van der Waals surface area contributed by atoms with Gasteiger partial charge in [0.2, 0.25) is 0 Å². The molecule has 2 aliphatic rings. The zero-order valence-electron chi connectivity index (χ0n) is 13.1. The van der Waals surface area contributed by atoms with E-state index in [0.717, 1.165) is 22.5 Å². The van der Waals surface area contributed by atoms with E-state index in [1.54, 1.807) is 12.4 Å². The molecule has 1 aliphatic carbocycles. The fourth-order valence-electron chi connectivity index (χ4n) is 3.10. The number of hydrogen-bond acceptors (Lipinski definition) is 3. The molecule has 3 nitrogen and oxygen atoms in total. The Morgan fingerprint density at radius 2 is 2.19 bits per heavy atom. The van der Waals surface area contributed by atoms with Crippen LogP contribution in [0.1, 0.15) is 46.1 Å². The van der Waals surface area contributed by atoms with Gasteiger partial charge in [-0.15, -0.1) is 0 Å². The lowest BCUT2D eigenvalue weighted by molar-refractivity contribution is -0.116. The molecule has 21 heavy (non-hydrogen) atoms. The second kappa shape index (κ2) is 4.83. The van der Waals surface area contributed by atoms with Gasteiger partial charge in [-0.3, -0.25) is 9.78 Å². The normalized spacial score (nSPS) is 19.0. The van der Waals surface area contributed by atoms with Crippen LogP contribution >= 0.6 is 0 Å². The highest BCUT2D eigenvalue weighted by Gasteiger charge is 2.37. The molecule has 1 aliphatic heterocycles. The lowest BCUT2D eigenvalue weighted by Crippen LogP contribution is -2.33. The molecule has 0 saturated carbocycles. The van der Waals surface area contributed by atoms with Gasteiger partial charge in [0.1, 0.15) is 11.4 Å². The summed E-state index contributed by atoms with van der Waals surface area (Å²) in [4.78, 5) is 16.5. The highest BCUT2D eigenvalue weighted by Crippen LogP contribution is 2.47. The molecule has 0 N–H and O–H groups in total. The molecule has 0 aromatic carbocycles. The number of rotatable bonds is 3. The van der Waals surface area contributed by atoms with Crippen molar-refractivity contribution in [2.75, 3.05) is 0 Å². The van der Waals surface area contributed by atoms with E-state index in [4.69, 9.17) is 4.74 Å². The van der Waals surface area contributed by atoms with E-state index in [2.05, 4.69) is 18.8 Å². The number of ether oxygens (including phenoxy) is 1. The Hall–Kier alpha value is -1.90. The molecule has 0 radical (unpaired) electrons. The largest absolute Gasteiger partial charge is 0.481 e. The molecule has 0 saturated heterocycles. The Labute approximate surface area is 125 Å². The predicted octanol–water partition coefficient (Wildman–Crippen LogP) is 3.95. The molecule has 0 spiro atoms. The Morgan fingerprint density at radius 3 is 2.90 bits per heavy atom. The molecule has 0 fully saturated rings. The molecular weight excluding hydrogens is 262 g/mol. The summed E-state index contributed by atoms with van der Waals surface area (Å²) in [7, 11) is 0. The first-order chi connectivity index (χ1) is 9.88. The van der Waals surface area contributed by atoms with Crippen LogP contribution in [-0.2, 0) is 4.79 Å². The monoisotopic (exact) mass is 283 g/mol. The minimum atomic E-state index is -0.411. The molecule has 0 amide bonds. The molecular formula is C18H21NO2. The third-order valence-electron chi connectivity index (χ3n) is 4.09. The van der Waals surface area contributed by atoms with E-state index in [1.807, 2.05) is 26.0 Å². The van der Waals surface area contributed by atoms with Crippen molar-refractivity contribution < 1.29 is 9.53 Å². The van der Waals surface area contributed by atoms with Crippen LogP contribution < -0.4 is 4.74 Å². The quantitative estimate of drug-likeness (QED) is 0.843. The summed E-state index contributed by atoms with van der Waals surface area (Å²) in [5.74, 6) is 1.45. The zero-order chi connectivity index (χ0) is 15.2. The second-order valence-corrected chi connectivity index (χ2v) is 6.74. The highest BCUT2D eigenvalue weighted by molar-refractivity contribution is 6.01. The lowest BCUT2D eigenvalue weighted by Gasteiger charge is -2.33. The highest BCUT2D eigenvalue weighted by atomic mass is 16.5. The summed E-state index contributed by atoms with van der Waals surface area (Å²) >= 11 is 0. The maximum Gasteiger partial charge on any atom is 0.159 e. The molecule has 110 valence electrons. The first-order valence-corrected chi connectivity index (χ1v) is 7.49. The lowest BCUT2D eigenvalue weighted by atomic mass is 9.88. The number of fused-ring (bicyclic) bond motifs is 2. The van der Waals surface area contributed by atoms with Crippen LogP contribution in [0, 0.1) is 5.92 Å². The van der Waals surface area contributed by atoms with E-state index >= 15 is 0 Å². The standard InChI is InChI=1S/C18H21NO2/c1-11(2)7-16(20)12-8-14-13-5-6-19-10-17(13)21-18(3,4)15(14)9-12/h5-6,9-11H,7-8H2,1-4H3. The average molecular weight is 283 g/mol. The second-order valence-electron chi connectivity index (χ2n) is 6.74. The Bertz CT molecular complexity index is 666. The van der Waals surface area contributed by atoms with Crippen molar-refractivity contribution in [3.8, 4) is 5.75 Å². The van der Waals surface area contributed by atoms with Crippen molar-refractivity contribution in [2.45, 2.75) is 46.1 Å². The Morgan fingerprint density at radius 1 is 1.43 bits per heavy atom. The fourth-order valence-corrected chi connectivity index (χ4v) is 3.10. The number of Topliss-reactive ketones (excluding diaryl/α,β-unsaturated/α-hetero) is 1. The van der Waals surface area contributed by atoms with Gasteiger partial charge in [-0.05, 0) is 48.6 Å². The number of allylic oxidation sites excluding steroid dienone is 2. The minimum Gasteiger partial charge on any atom is -0.481 e. The SMILES string of the molecule is CC(C)CC(=O)C1=CC2=C(C1)c1ccncc1OC2(C)C. The molecule has 1 aromatic heterocycles. The molecule has 0 atom stereocenters. The number of carbonyl (C=O) groups excluding carboxylic acids is 1. The summed E-state index contributed by atoms with van der Waals surface area (Å²) in [6.07, 6.45) is 6.90. The fraction of sp³-hybridized carbons (Fsp3) is 0.444. The van der Waals surface area contributed by atoms with Gasteiger partial charge in [0.15, 0.2) is 5.78 Å². The minimum absolute atomic E-state index is 0.255. The van der Waals surface area contributed by atoms with Crippen LogP contribution in [0.5, 0.6) is 5.75 Å². The van der Waals surface area contributed by atoms with Crippen molar-refractivity contribution in [1.29, 1.82) is 0 Å². The first kappa shape index (κ1) is 14.1.